The topological polar surface area (TPSA) is 145 Å². The molecule has 0 saturated carbocycles. The van der Waals surface area contributed by atoms with Crippen LogP contribution >= 0.6 is 11.6 Å². The van der Waals surface area contributed by atoms with Gasteiger partial charge in [0.2, 0.25) is 11.8 Å². The Bertz CT molecular complexity index is 2230. The number of ether oxygens (including phenoxy) is 1. The van der Waals surface area contributed by atoms with Crippen LogP contribution in [0.15, 0.2) is 52.1 Å². The van der Waals surface area contributed by atoms with Crippen molar-refractivity contribution in [2.24, 2.45) is 14.1 Å². The summed E-state index contributed by atoms with van der Waals surface area (Å²) in [7, 11) is 8.31. The van der Waals surface area contributed by atoms with Crippen LogP contribution < -0.4 is 31.9 Å². The van der Waals surface area contributed by atoms with Crippen LogP contribution in [0.1, 0.15) is 54.6 Å². The molecule has 3 heterocycles. The third-order valence-electron chi connectivity index (χ3n) is 9.42. The zero-order valence-corrected chi connectivity index (χ0v) is 31.7. The molecule has 0 aliphatic heterocycles. The average Bonchev–Trinajstić information content (AvgIpc) is 3.63. The molecule has 1 aliphatic rings. The summed E-state index contributed by atoms with van der Waals surface area (Å²) in [4.78, 5) is 50.1. The van der Waals surface area contributed by atoms with Crippen molar-refractivity contribution in [2.45, 2.75) is 58.8 Å². The van der Waals surface area contributed by atoms with Gasteiger partial charge in [-0.15, -0.1) is 0 Å². The number of anilines is 2. The van der Waals surface area contributed by atoms with Crippen LogP contribution in [-0.2, 0) is 31.7 Å². The van der Waals surface area contributed by atoms with E-state index in [0.29, 0.717) is 29.0 Å². The average molecular weight is 727 g/mol. The monoisotopic (exact) mass is 726 g/mol. The first-order valence-electron chi connectivity index (χ1n) is 17.5. The van der Waals surface area contributed by atoms with E-state index >= 15 is 0 Å². The Morgan fingerprint density at radius 2 is 1.65 bits per heavy atom. The van der Waals surface area contributed by atoms with Crippen LogP contribution in [0.4, 0.5) is 11.5 Å². The first-order valence-corrected chi connectivity index (χ1v) is 17.9. The number of rotatable bonds is 11. The van der Waals surface area contributed by atoms with Gasteiger partial charge >= 0.3 is 5.69 Å². The molecule has 0 bridgehead atoms. The summed E-state index contributed by atoms with van der Waals surface area (Å²) < 4.78 is 8.03. The Morgan fingerprint density at radius 1 is 0.923 bits per heavy atom. The number of amides is 1. The Labute approximate surface area is 308 Å². The number of hydrogen-bond acceptors (Lipinski definition) is 9. The second kappa shape index (κ2) is 17.0. The number of aromatic nitrogens is 5. The second-order valence-electron chi connectivity index (χ2n) is 12.9. The highest BCUT2D eigenvalue weighted by Gasteiger charge is 2.22. The zero-order valence-electron chi connectivity index (χ0n) is 30.9. The molecule has 3 aromatic heterocycles. The molecule has 1 aliphatic carbocycles. The number of unbranched alkanes of at least 4 members (excludes halogenated alkanes) is 2. The van der Waals surface area contributed by atoms with Gasteiger partial charge in [-0.25, -0.2) is 19.7 Å². The van der Waals surface area contributed by atoms with Gasteiger partial charge in [-0.05, 0) is 88.4 Å². The van der Waals surface area contributed by atoms with E-state index in [-0.39, 0.29) is 16.9 Å². The van der Waals surface area contributed by atoms with Crippen LogP contribution in [0.2, 0.25) is 5.02 Å². The first kappa shape index (κ1) is 38.2. The second-order valence-corrected chi connectivity index (χ2v) is 13.3. The van der Waals surface area contributed by atoms with Gasteiger partial charge in [-0.3, -0.25) is 18.7 Å². The summed E-state index contributed by atoms with van der Waals surface area (Å²) in [6.07, 6.45) is 7.03. The fraction of sp³-hybridized carbons (Fsp3) is 0.385. The largest absolute Gasteiger partial charge is 0.481 e. The maximum atomic E-state index is 13.1. The molecule has 0 fully saturated rings. The zero-order chi connectivity index (χ0) is 37.5. The van der Waals surface area contributed by atoms with Gasteiger partial charge in [0.15, 0.2) is 5.65 Å². The van der Waals surface area contributed by atoms with Crippen molar-refractivity contribution in [3.8, 4) is 28.3 Å². The number of fused-ring (bicyclic) bond motifs is 2. The molecule has 274 valence electrons. The van der Waals surface area contributed by atoms with Gasteiger partial charge in [-0.2, -0.15) is 0 Å². The number of carbonyl (C=O) groups excluding carboxylic acids is 1. The Hall–Kier alpha value is -5.07. The number of hydrogen-bond donors (Lipinski definition) is 3. The van der Waals surface area contributed by atoms with Crippen molar-refractivity contribution in [3.05, 3.63) is 90.8 Å². The molecule has 0 saturated heterocycles. The molecule has 52 heavy (non-hydrogen) atoms. The predicted molar refractivity (Wildman–Crippen MR) is 208 cm³/mol. The normalized spacial score (nSPS) is 11.9. The molecule has 5 aromatic rings. The van der Waals surface area contributed by atoms with Crippen molar-refractivity contribution in [3.63, 3.8) is 0 Å². The van der Waals surface area contributed by atoms with E-state index in [1.165, 1.54) is 22.7 Å². The molecule has 6 rings (SSSR count). The minimum absolute atomic E-state index is 0.148. The predicted octanol–water partition coefficient (Wildman–Crippen LogP) is 5.78. The molecule has 13 heteroatoms. The van der Waals surface area contributed by atoms with E-state index in [9.17, 15) is 14.4 Å². The van der Waals surface area contributed by atoms with E-state index in [0.717, 1.165) is 83.3 Å². The Kier molecular flexibility index (Phi) is 12.5. The van der Waals surface area contributed by atoms with E-state index in [2.05, 4.69) is 32.0 Å². The lowest BCUT2D eigenvalue weighted by Gasteiger charge is -2.17. The lowest BCUT2D eigenvalue weighted by atomic mass is 9.96. The molecule has 0 radical (unpaired) electrons. The number of carbonyl (C=O) groups is 1. The molecular formula is C39H47ClN8O4. The number of benzene rings is 2. The van der Waals surface area contributed by atoms with Crippen molar-refractivity contribution in [1.29, 1.82) is 0 Å². The van der Waals surface area contributed by atoms with Gasteiger partial charge in [-0.1, -0.05) is 48.4 Å². The molecule has 1 amide bonds. The third-order valence-corrected chi connectivity index (χ3v) is 9.83. The van der Waals surface area contributed by atoms with Crippen LogP contribution in [0.5, 0.6) is 5.88 Å². The van der Waals surface area contributed by atoms with Crippen LogP contribution in [0.25, 0.3) is 33.4 Å². The summed E-state index contributed by atoms with van der Waals surface area (Å²) in [6.45, 7) is 4.76. The maximum absolute atomic E-state index is 13.1. The number of aryl methyl sites for hydroxylation is 3. The van der Waals surface area contributed by atoms with Crippen LogP contribution in [-0.4, -0.2) is 57.7 Å². The van der Waals surface area contributed by atoms with Crippen LogP contribution in [0.3, 0.4) is 0 Å². The summed E-state index contributed by atoms with van der Waals surface area (Å²) in [6, 6.07) is 13.9. The summed E-state index contributed by atoms with van der Waals surface area (Å²) in [5, 5.41) is 9.84. The molecule has 0 atom stereocenters. The highest BCUT2D eigenvalue weighted by atomic mass is 35.5. The summed E-state index contributed by atoms with van der Waals surface area (Å²) in [5.74, 6) is 1.58. The number of nitrogens with zero attached hydrogens (tertiary/aromatic N) is 5. The van der Waals surface area contributed by atoms with E-state index in [1.807, 2.05) is 50.4 Å². The van der Waals surface area contributed by atoms with E-state index < -0.39 is 11.2 Å². The fourth-order valence-corrected chi connectivity index (χ4v) is 6.85. The molecule has 12 nitrogen and oxygen atoms in total. The van der Waals surface area contributed by atoms with Crippen molar-refractivity contribution >= 4 is 40.0 Å². The number of methoxy groups -OCH3 is 1. The minimum atomic E-state index is -0.465. The molecule has 0 spiro atoms. The number of nitrogens with one attached hydrogen (secondary N) is 3. The van der Waals surface area contributed by atoms with Gasteiger partial charge in [0.1, 0.15) is 17.0 Å². The van der Waals surface area contributed by atoms with Crippen LogP contribution in [0, 0.1) is 13.8 Å². The maximum Gasteiger partial charge on any atom is 0.332 e. The lowest BCUT2D eigenvalue weighted by Crippen LogP contribution is -2.37. The fourth-order valence-electron chi connectivity index (χ4n) is 6.53. The minimum Gasteiger partial charge on any atom is -0.481 e. The smallest absolute Gasteiger partial charge is 0.332 e. The first-order chi connectivity index (χ1) is 25.0. The van der Waals surface area contributed by atoms with Gasteiger partial charge in [0.25, 0.3) is 5.56 Å². The molecule has 0 unspecified atom stereocenters. The number of halogens is 1. The highest BCUT2D eigenvalue weighted by molar-refractivity contribution is 6.36. The van der Waals surface area contributed by atoms with Gasteiger partial charge < -0.3 is 20.7 Å². The lowest BCUT2D eigenvalue weighted by molar-refractivity contribution is -0.120. The van der Waals surface area contributed by atoms with Crippen molar-refractivity contribution in [1.82, 2.24) is 34.7 Å². The summed E-state index contributed by atoms with van der Waals surface area (Å²) in [5.41, 5.74) is 6.85. The standard InChI is InChI=1S/C31H29ClN6O3.C8H18N2O/c1-16-19(21-12-7-13-22(26(21)32)24-15-18-9-6-11-20(18)29(36-24)41-5)10-8-14-23(16)35-27-25-28(34-17(2)33-27)37(3)31(40)38(4)30(25)39;1-9-7-5-3-4-6-8(11)10-2/h7-8,10,12-15H,6,9,11H2,1-5H3,(H,33,34,35);9H,3-7H2,1-2H3,(H,10,11). The molecule has 3 N–H and O–H groups in total. The SMILES string of the molecule is CNCCCCCC(=O)NC.COc1nc(-c2cccc(-c3cccc(Nc4nc(C)nc5c4c(=O)n(C)c(=O)n5C)c3C)c2Cl)cc2c1CCC2. The van der Waals surface area contributed by atoms with Crippen molar-refractivity contribution < 1.29 is 9.53 Å². The summed E-state index contributed by atoms with van der Waals surface area (Å²) >= 11 is 7.08. The van der Waals surface area contributed by atoms with E-state index in [1.54, 1.807) is 28.1 Å². The van der Waals surface area contributed by atoms with E-state index in [4.69, 9.17) is 21.3 Å². The molecular weight excluding hydrogens is 680 g/mol. The van der Waals surface area contributed by atoms with Gasteiger partial charge in [0.05, 0.1) is 17.8 Å². The third kappa shape index (κ3) is 8.03. The quantitative estimate of drug-likeness (QED) is 0.144. The highest BCUT2D eigenvalue weighted by Crippen LogP contribution is 2.41. The molecule has 2 aromatic carbocycles. The van der Waals surface area contributed by atoms with Gasteiger partial charge in [0, 0.05) is 49.9 Å². The Morgan fingerprint density at radius 3 is 2.38 bits per heavy atom. The van der Waals surface area contributed by atoms with Crippen molar-refractivity contribution in [2.75, 3.05) is 33.1 Å². The Balaban J connectivity index is 0.000000413. The number of pyridine rings is 1.